The summed E-state index contributed by atoms with van der Waals surface area (Å²) in [6, 6.07) is 12.8. The maximum atomic E-state index is 12.4. The summed E-state index contributed by atoms with van der Waals surface area (Å²) in [7, 11) is 1.54. The van der Waals surface area contributed by atoms with Crippen molar-refractivity contribution in [3.8, 4) is 17.6 Å². The second-order valence-electron chi connectivity index (χ2n) is 5.46. The molecule has 6 heteroatoms. The van der Waals surface area contributed by atoms with Crippen molar-refractivity contribution in [1.29, 1.82) is 5.26 Å². The fraction of sp³-hybridized carbons (Fsp3) is 0.200. The van der Waals surface area contributed by atoms with Crippen LogP contribution in [-0.4, -0.2) is 19.6 Å². The summed E-state index contributed by atoms with van der Waals surface area (Å²) in [6.45, 7) is 4.30. The lowest BCUT2D eigenvalue weighted by atomic mass is 10.1. The summed E-state index contributed by atoms with van der Waals surface area (Å²) < 4.78 is 11.6. The van der Waals surface area contributed by atoms with E-state index in [1.165, 1.54) is 13.2 Å². The number of benzene rings is 2. The molecule has 0 fully saturated rings. The van der Waals surface area contributed by atoms with Gasteiger partial charge in [0.05, 0.1) is 18.2 Å². The number of aryl methyl sites for hydroxylation is 1. The fourth-order valence-corrected chi connectivity index (χ4v) is 2.92. The lowest BCUT2D eigenvalue weighted by Crippen LogP contribution is -2.13. The van der Waals surface area contributed by atoms with Gasteiger partial charge in [0, 0.05) is 5.69 Å². The minimum atomic E-state index is -0.470. The van der Waals surface area contributed by atoms with Crippen molar-refractivity contribution in [1.82, 2.24) is 0 Å². The van der Waals surface area contributed by atoms with Gasteiger partial charge in [-0.25, -0.2) is 0 Å². The molecule has 0 saturated heterocycles. The number of nitrogens with one attached hydrogen (secondary N) is 1. The van der Waals surface area contributed by atoms with Crippen LogP contribution in [0.1, 0.15) is 18.1 Å². The molecule has 134 valence electrons. The maximum absolute atomic E-state index is 12.4. The number of hydrogen-bond acceptors (Lipinski definition) is 4. The number of methoxy groups -OCH3 is 1. The van der Waals surface area contributed by atoms with Crippen LogP contribution in [0.5, 0.6) is 11.5 Å². The van der Waals surface area contributed by atoms with Crippen molar-refractivity contribution in [3.05, 3.63) is 57.6 Å². The summed E-state index contributed by atoms with van der Waals surface area (Å²) in [5, 5.41) is 12.1. The van der Waals surface area contributed by atoms with Gasteiger partial charge >= 0.3 is 0 Å². The van der Waals surface area contributed by atoms with E-state index in [-0.39, 0.29) is 5.57 Å². The third-order valence-electron chi connectivity index (χ3n) is 3.49. The van der Waals surface area contributed by atoms with E-state index in [1.54, 1.807) is 18.2 Å². The molecule has 2 rings (SSSR count). The summed E-state index contributed by atoms with van der Waals surface area (Å²) in [6.07, 6.45) is 1.51. The molecule has 2 aromatic rings. The molecule has 26 heavy (non-hydrogen) atoms. The Kier molecular flexibility index (Phi) is 6.81. The minimum absolute atomic E-state index is 0.00961. The second kappa shape index (κ2) is 9.07. The third kappa shape index (κ3) is 4.87. The summed E-state index contributed by atoms with van der Waals surface area (Å²) >= 11 is 3.43. The van der Waals surface area contributed by atoms with Gasteiger partial charge in [-0.15, -0.1) is 0 Å². The van der Waals surface area contributed by atoms with Crippen molar-refractivity contribution in [2.24, 2.45) is 0 Å². The quantitative estimate of drug-likeness (QED) is 0.548. The van der Waals surface area contributed by atoms with Crippen LogP contribution in [0, 0.1) is 18.3 Å². The number of amides is 1. The number of nitriles is 1. The standard InChI is InChI=1S/C20H19BrN2O3/c1-4-26-19-17(21)10-14(11-18(19)25-3)9-15(12-22)20(24)23-16-7-5-6-13(2)8-16/h5-11H,4H2,1-3H3,(H,23,24)/b15-9+. The number of carbonyl (C=O) groups excluding carboxylic acids is 1. The van der Waals surface area contributed by atoms with Gasteiger partial charge in [0.15, 0.2) is 11.5 Å². The first kappa shape index (κ1) is 19.5. The molecule has 0 atom stereocenters. The van der Waals surface area contributed by atoms with E-state index in [2.05, 4.69) is 21.2 Å². The van der Waals surface area contributed by atoms with Crippen molar-refractivity contribution >= 4 is 33.6 Å². The van der Waals surface area contributed by atoms with E-state index < -0.39 is 5.91 Å². The predicted octanol–water partition coefficient (Wildman–Crippen LogP) is 4.71. The minimum Gasteiger partial charge on any atom is -0.493 e. The second-order valence-corrected chi connectivity index (χ2v) is 6.31. The number of hydrogen-bond donors (Lipinski definition) is 1. The van der Waals surface area contributed by atoms with Crippen molar-refractivity contribution in [2.75, 3.05) is 19.0 Å². The SMILES string of the molecule is CCOc1c(Br)cc(/C=C(\C#N)C(=O)Nc2cccc(C)c2)cc1OC. The highest BCUT2D eigenvalue weighted by atomic mass is 79.9. The van der Waals surface area contributed by atoms with Gasteiger partial charge in [-0.05, 0) is 71.2 Å². The Balaban J connectivity index is 2.32. The zero-order valence-electron chi connectivity index (χ0n) is 14.8. The van der Waals surface area contributed by atoms with Crippen LogP contribution in [0.15, 0.2) is 46.4 Å². The van der Waals surface area contributed by atoms with Crippen molar-refractivity contribution < 1.29 is 14.3 Å². The lowest BCUT2D eigenvalue weighted by Gasteiger charge is -2.12. The van der Waals surface area contributed by atoms with Crippen molar-refractivity contribution in [3.63, 3.8) is 0 Å². The first-order valence-corrected chi connectivity index (χ1v) is 8.78. The Morgan fingerprint density at radius 3 is 2.73 bits per heavy atom. The van der Waals surface area contributed by atoms with E-state index in [1.807, 2.05) is 38.1 Å². The van der Waals surface area contributed by atoms with Gasteiger partial charge in [-0.1, -0.05) is 12.1 Å². The van der Waals surface area contributed by atoms with Crippen LogP contribution >= 0.6 is 15.9 Å². The highest BCUT2D eigenvalue weighted by Crippen LogP contribution is 2.37. The van der Waals surface area contributed by atoms with Crippen LogP contribution < -0.4 is 14.8 Å². The van der Waals surface area contributed by atoms with Crippen LogP contribution in [-0.2, 0) is 4.79 Å². The Bertz CT molecular complexity index is 885. The maximum Gasteiger partial charge on any atom is 0.266 e. The number of rotatable bonds is 6. The Morgan fingerprint density at radius 1 is 1.35 bits per heavy atom. The first-order chi connectivity index (χ1) is 12.5. The zero-order valence-corrected chi connectivity index (χ0v) is 16.4. The number of halogens is 1. The highest BCUT2D eigenvalue weighted by Gasteiger charge is 2.13. The lowest BCUT2D eigenvalue weighted by molar-refractivity contribution is -0.112. The molecule has 5 nitrogen and oxygen atoms in total. The molecule has 0 heterocycles. The summed E-state index contributed by atoms with van der Waals surface area (Å²) in [5.41, 5.74) is 2.30. The van der Waals surface area contributed by atoms with Gasteiger partial charge in [0.2, 0.25) is 0 Å². The van der Waals surface area contributed by atoms with Gasteiger partial charge in [-0.3, -0.25) is 4.79 Å². The van der Waals surface area contributed by atoms with E-state index in [0.29, 0.717) is 33.8 Å². The zero-order chi connectivity index (χ0) is 19.1. The van der Waals surface area contributed by atoms with E-state index in [9.17, 15) is 10.1 Å². The molecule has 0 saturated carbocycles. The number of anilines is 1. The molecule has 0 bridgehead atoms. The van der Waals surface area contributed by atoms with Gasteiger partial charge < -0.3 is 14.8 Å². The number of carbonyl (C=O) groups is 1. The molecular formula is C20H19BrN2O3. The molecule has 0 aliphatic heterocycles. The van der Waals surface area contributed by atoms with Crippen LogP contribution in [0.4, 0.5) is 5.69 Å². The Labute approximate surface area is 161 Å². The van der Waals surface area contributed by atoms with E-state index in [0.717, 1.165) is 5.56 Å². The summed E-state index contributed by atoms with van der Waals surface area (Å²) in [5.74, 6) is 0.626. The molecular weight excluding hydrogens is 396 g/mol. The third-order valence-corrected chi connectivity index (χ3v) is 4.08. The molecule has 0 aliphatic rings. The monoisotopic (exact) mass is 414 g/mol. The molecule has 0 aliphatic carbocycles. The topological polar surface area (TPSA) is 71.3 Å². The Hall–Kier alpha value is -2.78. The van der Waals surface area contributed by atoms with Gasteiger partial charge in [0.1, 0.15) is 11.6 Å². The van der Waals surface area contributed by atoms with Crippen LogP contribution in [0.25, 0.3) is 6.08 Å². The largest absolute Gasteiger partial charge is 0.493 e. The predicted molar refractivity (Wildman–Crippen MR) is 105 cm³/mol. The average molecular weight is 415 g/mol. The van der Waals surface area contributed by atoms with E-state index >= 15 is 0 Å². The average Bonchev–Trinajstić information content (AvgIpc) is 2.61. The molecule has 0 unspecified atom stereocenters. The number of nitrogens with zero attached hydrogens (tertiary/aromatic N) is 1. The Morgan fingerprint density at radius 2 is 2.12 bits per heavy atom. The molecule has 0 radical (unpaired) electrons. The molecule has 0 aromatic heterocycles. The molecule has 0 spiro atoms. The smallest absolute Gasteiger partial charge is 0.266 e. The highest BCUT2D eigenvalue weighted by molar-refractivity contribution is 9.10. The first-order valence-electron chi connectivity index (χ1n) is 7.98. The molecule has 1 N–H and O–H groups in total. The fourth-order valence-electron chi connectivity index (χ4n) is 2.34. The van der Waals surface area contributed by atoms with Crippen molar-refractivity contribution in [2.45, 2.75) is 13.8 Å². The van der Waals surface area contributed by atoms with Crippen LogP contribution in [0.2, 0.25) is 0 Å². The van der Waals surface area contributed by atoms with Gasteiger partial charge in [-0.2, -0.15) is 5.26 Å². The molecule has 2 aromatic carbocycles. The van der Waals surface area contributed by atoms with Crippen LogP contribution in [0.3, 0.4) is 0 Å². The normalized spacial score (nSPS) is 10.8. The number of ether oxygens (including phenoxy) is 2. The van der Waals surface area contributed by atoms with E-state index in [4.69, 9.17) is 9.47 Å². The molecule has 1 amide bonds. The van der Waals surface area contributed by atoms with Gasteiger partial charge in [0.25, 0.3) is 5.91 Å². The summed E-state index contributed by atoms with van der Waals surface area (Å²) in [4.78, 5) is 12.4.